The number of aromatic nitrogens is 1. The molecule has 1 N–H and O–H groups in total. The van der Waals surface area contributed by atoms with Crippen LogP contribution in [0.25, 0.3) is 11.1 Å². The second-order valence-electron chi connectivity index (χ2n) is 11.4. The van der Waals surface area contributed by atoms with Crippen LogP contribution in [0.15, 0.2) is 67.0 Å². The first-order valence-electron chi connectivity index (χ1n) is 14.2. The fraction of sp³-hybridized carbons (Fsp3) is 0.438. The summed E-state index contributed by atoms with van der Waals surface area (Å²) in [5.74, 6) is -0.262. The molecule has 1 atom stereocenters. The van der Waals surface area contributed by atoms with Crippen molar-refractivity contribution >= 4 is 5.97 Å². The number of aliphatic hydroxyl groups is 1. The number of hydrogen-bond donors (Lipinski definition) is 1. The van der Waals surface area contributed by atoms with Crippen molar-refractivity contribution in [2.24, 2.45) is 0 Å². The van der Waals surface area contributed by atoms with Gasteiger partial charge in [0.25, 0.3) is 5.60 Å². The van der Waals surface area contributed by atoms with Crippen LogP contribution in [0.3, 0.4) is 0 Å². The number of benzene rings is 2. The first-order chi connectivity index (χ1) is 20.6. The third-order valence-electron chi connectivity index (χ3n) is 7.72. The fourth-order valence-corrected chi connectivity index (χ4v) is 5.51. The number of carbonyl (C=O) groups excluding carboxylic acids is 1. The number of nitrogens with zero attached hydrogens (tertiary/aromatic N) is 3. The SMILES string of the molecule is Cc1cc(CN2CCN(Cc3ccncc3)[C@H](CC(=O)OC(C)C)C2)ccc1-c1ccc(C(O)(C(F)(F)F)C(F)(F)F)cc1. The van der Waals surface area contributed by atoms with Gasteiger partial charge < -0.3 is 9.84 Å². The Kier molecular flexibility index (Phi) is 10.1. The zero-order valence-electron chi connectivity index (χ0n) is 24.6. The third-order valence-corrected chi connectivity index (χ3v) is 7.72. The van der Waals surface area contributed by atoms with E-state index in [-0.39, 0.29) is 24.5 Å². The number of aryl methyl sites for hydroxylation is 1. The van der Waals surface area contributed by atoms with Crippen LogP contribution in [-0.4, -0.2) is 70.0 Å². The largest absolute Gasteiger partial charge is 0.463 e. The molecule has 12 heteroatoms. The second-order valence-corrected chi connectivity index (χ2v) is 11.4. The van der Waals surface area contributed by atoms with E-state index in [4.69, 9.17) is 4.74 Å². The van der Waals surface area contributed by atoms with E-state index in [2.05, 4.69) is 14.8 Å². The second kappa shape index (κ2) is 13.3. The molecule has 4 rings (SSSR count). The molecular weight excluding hydrogens is 588 g/mol. The topological polar surface area (TPSA) is 65.9 Å². The van der Waals surface area contributed by atoms with Crippen LogP contribution < -0.4 is 0 Å². The Morgan fingerprint density at radius 3 is 2.14 bits per heavy atom. The molecule has 0 aliphatic carbocycles. The van der Waals surface area contributed by atoms with Crippen LogP contribution >= 0.6 is 0 Å². The third kappa shape index (κ3) is 7.59. The number of carbonyl (C=O) groups is 1. The standard InChI is InChI=1S/C32H35F6N3O3/c1-21(2)44-29(42)17-27-20-40(14-15-41(27)19-23-10-12-39-13-11-23)18-24-4-9-28(22(3)16-24)25-5-7-26(8-6-25)30(43,31(33,34)35)32(36,37)38/h4-13,16,21,27,43H,14-15,17-20H2,1-3H3/t27-/m1/s1. The van der Waals surface area contributed by atoms with Crippen molar-refractivity contribution in [1.82, 2.24) is 14.8 Å². The summed E-state index contributed by atoms with van der Waals surface area (Å²) in [5, 5.41) is 9.67. The molecule has 0 radical (unpaired) electrons. The lowest BCUT2D eigenvalue weighted by atomic mass is 9.90. The van der Waals surface area contributed by atoms with Gasteiger partial charge in [-0.25, -0.2) is 0 Å². The van der Waals surface area contributed by atoms with Crippen LogP contribution in [0.2, 0.25) is 0 Å². The molecule has 2 aromatic carbocycles. The van der Waals surface area contributed by atoms with Crippen molar-refractivity contribution in [1.29, 1.82) is 0 Å². The lowest BCUT2D eigenvalue weighted by Crippen LogP contribution is -2.53. The molecule has 0 amide bonds. The smallest absolute Gasteiger partial charge is 0.430 e. The van der Waals surface area contributed by atoms with Gasteiger partial charge in [0.05, 0.1) is 12.5 Å². The maximum absolute atomic E-state index is 13.3. The van der Waals surface area contributed by atoms with Gasteiger partial charge in [0.1, 0.15) is 0 Å². The molecule has 3 aromatic rings. The summed E-state index contributed by atoms with van der Waals surface area (Å²) in [7, 11) is 0. The van der Waals surface area contributed by atoms with Crippen LogP contribution in [0.5, 0.6) is 0 Å². The minimum atomic E-state index is -5.94. The highest BCUT2D eigenvalue weighted by Gasteiger charge is 2.71. The van der Waals surface area contributed by atoms with E-state index in [0.29, 0.717) is 42.9 Å². The Morgan fingerprint density at radius 1 is 0.932 bits per heavy atom. The molecule has 6 nitrogen and oxygen atoms in total. The van der Waals surface area contributed by atoms with Gasteiger partial charge in [0.2, 0.25) is 0 Å². The monoisotopic (exact) mass is 623 g/mol. The van der Waals surface area contributed by atoms with Gasteiger partial charge in [-0.2, -0.15) is 26.3 Å². The van der Waals surface area contributed by atoms with Crippen molar-refractivity contribution in [2.75, 3.05) is 19.6 Å². The highest BCUT2D eigenvalue weighted by molar-refractivity contribution is 5.70. The highest BCUT2D eigenvalue weighted by atomic mass is 19.4. The van der Waals surface area contributed by atoms with Crippen LogP contribution in [0.1, 0.15) is 42.5 Å². The molecule has 1 aromatic heterocycles. The van der Waals surface area contributed by atoms with Crippen molar-refractivity contribution < 1.29 is 41.0 Å². The number of rotatable bonds is 9. The number of pyridine rings is 1. The van der Waals surface area contributed by atoms with E-state index in [1.54, 1.807) is 18.5 Å². The van der Waals surface area contributed by atoms with Gasteiger partial charge in [-0.1, -0.05) is 42.5 Å². The Balaban J connectivity index is 1.48. The van der Waals surface area contributed by atoms with Gasteiger partial charge in [-0.15, -0.1) is 0 Å². The Hall–Kier alpha value is -3.48. The van der Waals surface area contributed by atoms with Crippen LogP contribution in [-0.2, 0) is 28.2 Å². The molecule has 1 aliphatic heterocycles. The molecular formula is C32H35F6N3O3. The average molecular weight is 624 g/mol. The molecule has 0 saturated carbocycles. The highest BCUT2D eigenvalue weighted by Crippen LogP contribution is 2.50. The minimum Gasteiger partial charge on any atom is -0.463 e. The minimum absolute atomic E-state index is 0.0749. The molecule has 0 unspecified atom stereocenters. The predicted molar refractivity (Wildman–Crippen MR) is 152 cm³/mol. The lowest BCUT2D eigenvalue weighted by molar-refractivity contribution is -0.376. The Morgan fingerprint density at radius 2 is 1.57 bits per heavy atom. The first kappa shape index (κ1) is 33.4. The maximum Gasteiger partial charge on any atom is 0.430 e. The van der Waals surface area contributed by atoms with E-state index < -0.39 is 23.5 Å². The van der Waals surface area contributed by atoms with E-state index in [1.807, 2.05) is 45.0 Å². The molecule has 44 heavy (non-hydrogen) atoms. The van der Waals surface area contributed by atoms with E-state index in [1.165, 1.54) is 0 Å². The summed E-state index contributed by atoms with van der Waals surface area (Å²) in [6, 6.07) is 13.0. The first-order valence-corrected chi connectivity index (χ1v) is 14.2. The van der Waals surface area contributed by atoms with Gasteiger partial charge in [0, 0.05) is 56.7 Å². The van der Waals surface area contributed by atoms with Gasteiger partial charge >= 0.3 is 18.3 Å². The summed E-state index contributed by atoms with van der Waals surface area (Å²) in [5.41, 5.74) is -2.37. The summed E-state index contributed by atoms with van der Waals surface area (Å²) in [6.07, 6.45) is -8.39. The molecule has 238 valence electrons. The van der Waals surface area contributed by atoms with Crippen LogP contribution in [0, 0.1) is 6.92 Å². The zero-order chi connectivity index (χ0) is 32.3. The average Bonchev–Trinajstić information content (AvgIpc) is 2.93. The molecule has 1 aliphatic rings. The number of halogens is 6. The number of alkyl halides is 6. The van der Waals surface area contributed by atoms with Crippen molar-refractivity contribution in [3.8, 4) is 11.1 Å². The number of hydrogen-bond acceptors (Lipinski definition) is 6. The van der Waals surface area contributed by atoms with E-state index in [0.717, 1.165) is 41.9 Å². The van der Waals surface area contributed by atoms with Gasteiger partial charge in [-0.05, 0) is 60.7 Å². The summed E-state index contributed by atoms with van der Waals surface area (Å²) in [6.45, 7) is 8.80. The van der Waals surface area contributed by atoms with E-state index in [9.17, 15) is 36.2 Å². The van der Waals surface area contributed by atoms with Crippen molar-refractivity contribution in [3.63, 3.8) is 0 Å². The predicted octanol–water partition coefficient (Wildman–Crippen LogP) is 6.40. The summed E-state index contributed by atoms with van der Waals surface area (Å²) < 4.78 is 85.0. The normalized spacial score (nSPS) is 17.2. The van der Waals surface area contributed by atoms with Gasteiger partial charge in [0.15, 0.2) is 0 Å². The quantitative estimate of drug-likeness (QED) is 0.220. The number of esters is 1. The number of ether oxygens (including phenoxy) is 1. The Labute approximate surface area is 252 Å². The number of piperazine rings is 1. The molecule has 2 heterocycles. The maximum atomic E-state index is 13.3. The summed E-state index contributed by atoms with van der Waals surface area (Å²) >= 11 is 0. The van der Waals surface area contributed by atoms with E-state index >= 15 is 0 Å². The summed E-state index contributed by atoms with van der Waals surface area (Å²) in [4.78, 5) is 21.2. The fourth-order valence-electron chi connectivity index (χ4n) is 5.51. The zero-order valence-corrected chi connectivity index (χ0v) is 24.6. The molecule has 1 fully saturated rings. The van der Waals surface area contributed by atoms with Crippen LogP contribution in [0.4, 0.5) is 26.3 Å². The molecule has 0 spiro atoms. The van der Waals surface area contributed by atoms with Crippen molar-refractivity contribution in [3.05, 3.63) is 89.2 Å². The Bertz CT molecular complexity index is 1400. The molecule has 0 bridgehead atoms. The lowest BCUT2D eigenvalue weighted by Gasteiger charge is -2.41. The molecule has 1 saturated heterocycles. The van der Waals surface area contributed by atoms with Crippen molar-refractivity contribution in [2.45, 2.75) is 70.4 Å². The van der Waals surface area contributed by atoms with Gasteiger partial charge in [-0.3, -0.25) is 19.6 Å².